The Kier molecular flexibility index (Phi) is 6.12. The van der Waals surface area contributed by atoms with Crippen molar-refractivity contribution in [2.24, 2.45) is 0 Å². The van der Waals surface area contributed by atoms with E-state index in [1.165, 1.54) is 17.7 Å². The fourth-order valence-electron chi connectivity index (χ4n) is 2.20. The van der Waals surface area contributed by atoms with Gasteiger partial charge in [-0.3, -0.25) is 5.10 Å². The lowest BCUT2D eigenvalue weighted by Crippen LogP contribution is -2.16. The Balaban J connectivity index is 0.00000176. The molecule has 2 aromatic heterocycles. The van der Waals surface area contributed by atoms with Gasteiger partial charge in [0.25, 0.3) is 0 Å². The molecule has 0 aliphatic heterocycles. The van der Waals surface area contributed by atoms with Crippen molar-refractivity contribution in [1.82, 2.24) is 15.5 Å². The first-order chi connectivity index (χ1) is 10.3. The number of aromatic nitrogens is 2. The van der Waals surface area contributed by atoms with Gasteiger partial charge in [0.05, 0.1) is 11.9 Å². The van der Waals surface area contributed by atoms with E-state index >= 15 is 0 Å². The van der Waals surface area contributed by atoms with Crippen molar-refractivity contribution in [2.45, 2.75) is 13.0 Å². The van der Waals surface area contributed by atoms with Gasteiger partial charge in [0.15, 0.2) is 0 Å². The Bertz CT molecular complexity index is 680. The highest BCUT2D eigenvalue weighted by Gasteiger charge is 2.07. The van der Waals surface area contributed by atoms with Gasteiger partial charge in [-0.1, -0.05) is 0 Å². The fraction of sp³-hybridized carbons (Fsp3) is 0.188. The minimum atomic E-state index is -0.228. The number of aromatic amines is 1. The van der Waals surface area contributed by atoms with Crippen LogP contribution in [-0.2, 0) is 13.0 Å². The topological polar surface area (TPSA) is 40.7 Å². The fourth-order valence-corrected chi connectivity index (χ4v) is 2.91. The lowest BCUT2D eigenvalue weighted by atomic mass is 10.1. The highest BCUT2D eigenvalue weighted by molar-refractivity contribution is 7.07. The maximum Gasteiger partial charge on any atom is 0.123 e. The van der Waals surface area contributed by atoms with E-state index in [-0.39, 0.29) is 18.2 Å². The van der Waals surface area contributed by atoms with Crippen LogP contribution in [0.3, 0.4) is 0 Å². The molecule has 0 amide bonds. The standard InChI is InChI=1S/C16H16FN3S.ClH/c17-15-3-1-13(2-4-15)16-14(10-19-20-16)9-18-7-5-12-6-8-21-11-12;/h1-4,6,8,10-11,18H,5,7,9H2,(H,19,20);1H. The molecule has 0 bridgehead atoms. The summed E-state index contributed by atoms with van der Waals surface area (Å²) in [5.74, 6) is -0.228. The molecule has 0 saturated heterocycles. The number of hydrogen-bond acceptors (Lipinski definition) is 3. The Morgan fingerprint density at radius 1 is 1.18 bits per heavy atom. The molecule has 0 aliphatic rings. The van der Waals surface area contributed by atoms with Crippen LogP contribution in [0.1, 0.15) is 11.1 Å². The molecule has 0 spiro atoms. The molecule has 2 N–H and O–H groups in total. The summed E-state index contributed by atoms with van der Waals surface area (Å²) in [6.45, 7) is 1.66. The van der Waals surface area contributed by atoms with Crippen LogP contribution in [0.2, 0.25) is 0 Å². The van der Waals surface area contributed by atoms with Gasteiger partial charge in [-0.15, -0.1) is 12.4 Å². The number of rotatable bonds is 6. The highest BCUT2D eigenvalue weighted by Crippen LogP contribution is 2.21. The predicted molar refractivity (Wildman–Crippen MR) is 91.0 cm³/mol. The molecule has 0 saturated carbocycles. The molecule has 3 nitrogen and oxygen atoms in total. The maximum absolute atomic E-state index is 13.0. The molecule has 6 heteroatoms. The molecule has 3 aromatic rings. The van der Waals surface area contributed by atoms with Crippen LogP contribution in [0.25, 0.3) is 11.3 Å². The van der Waals surface area contributed by atoms with E-state index in [4.69, 9.17) is 0 Å². The average Bonchev–Trinajstić information content (AvgIpc) is 3.16. The van der Waals surface area contributed by atoms with Gasteiger partial charge >= 0.3 is 0 Å². The van der Waals surface area contributed by atoms with Gasteiger partial charge in [-0.2, -0.15) is 16.4 Å². The lowest BCUT2D eigenvalue weighted by Gasteiger charge is -2.05. The third-order valence-corrected chi connectivity index (χ3v) is 4.07. The zero-order valence-corrected chi connectivity index (χ0v) is 13.5. The van der Waals surface area contributed by atoms with E-state index in [2.05, 4.69) is 32.3 Å². The second kappa shape index (κ2) is 8.08. The minimum absolute atomic E-state index is 0. The first-order valence-electron chi connectivity index (χ1n) is 6.83. The van der Waals surface area contributed by atoms with Crippen molar-refractivity contribution in [2.75, 3.05) is 6.54 Å². The summed E-state index contributed by atoms with van der Waals surface area (Å²) in [4.78, 5) is 0. The summed E-state index contributed by atoms with van der Waals surface area (Å²) in [6, 6.07) is 8.59. The van der Waals surface area contributed by atoms with Gasteiger partial charge in [0.2, 0.25) is 0 Å². The summed E-state index contributed by atoms with van der Waals surface area (Å²) >= 11 is 1.72. The predicted octanol–water partition coefficient (Wildman–Crippen LogP) is 4.03. The summed E-state index contributed by atoms with van der Waals surface area (Å²) in [5.41, 5.74) is 4.34. The van der Waals surface area contributed by atoms with E-state index in [0.717, 1.165) is 36.3 Å². The van der Waals surface area contributed by atoms with Crippen molar-refractivity contribution in [3.63, 3.8) is 0 Å². The number of nitrogens with zero attached hydrogens (tertiary/aromatic N) is 1. The Morgan fingerprint density at radius 2 is 2.00 bits per heavy atom. The minimum Gasteiger partial charge on any atom is -0.312 e. The largest absolute Gasteiger partial charge is 0.312 e. The van der Waals surface area contributed by atoms with Crippen LogP contribution >= 0.6 is 23.7 Å². The van der Waals surface area contributed by atoms with Gasteiger partial charge in [0, 0.05) is 17.7 Å². The number of nitrogens with one attached hydrogen (secondary N) is 2. The molecule has 1 aromatic carbocycles. The normalized spacial score (nSPS) is 10.4. The molecule has 0 atom stereocenters. The second-order valence-electron chi connectivity index (χ2n) is 4.84. The molecule has 0 unspecified atom stereocenters. The molecule has 0 fully saturated rings. The second-order valence-corrected chi connectivity index (χ2v) is 5.62. The summed E-state index contributed by atoms with van der Waals surface area (Å²) in [5, 5.41) is 14.8. The van der Waals surface area contributed by atoms with E-state index in [1.54, 1.807) is 23.5 Å². The van der Waals surface area contributed by atoms with Crippen molar-refractivity contribution in [3.05, 3.63) is 64.2 Å². The lowest BCUT2D eigenvalue weighted by molar-refractivity contribution is 0.628. The quantitative estimate of drug-likeness (QED) is 0.667. The van der Waals surface area contributed by atoms with Crippen LogP contribution in [0.15, 0.2) is 47.3 Å². The van der Waals surface area contributed by atoms with E-state index < -0.39 is 0 Å². The molecule has 116 valence electrons. The van der Waals surface area contributed by atoms with E-state index in [1.807, 2.05) is 6.20 Å². The number of benzene rings is 1. The summed E-state index contributed by atoms with van der Waals surface area (Å²) < 4.78 is 13.0. The van der Waals surface area contributed by atoms with Crippen molar-refractivity contribution >= 4 is 23.7 Å². The van der Waals surface area contributed by atoms with Crippen molar-refractivity contribution in [3.8, 4) is 11.3 Å². The number of halogens is 2. The molecular weight excluding hydrogens is 321 g/mol. The molecule has 3 rings (SSSR count). The molecule has 2 heterocycles. The Hall–Kier alpha value is -1.69. The zero-order chi connectivity index (χ0) is 14.5. The molecule has 22 heavy (non-hydrogen) atoms. The SMILES string of the molecule is Cl.Fc1ccc(-c2[nH]ncc2CNCCc2ccsc2)cc1. The van der Waals surface area contributed by atoms with Gasteiger partial charge in [-0.25, -0.2) is 4.39 Å². The first-order valence-corrected chi connectivity index (χ1v) is 7.77. The zero-order valence-electron chi connectivity index (χ0n) is 11.9. The first kappa shape index (κ1) is 16.7. The molecule has 0 aliphatic carbocycles. The molecule has 0 radical (unpaired) electrons. The summed E-state index contributed by atoms with van der Waals surface area (Å²) in [7, 11) is 0. The average molecular weight is 338 g/mol. The monoisotopic (exact) mass is 337 g/mol. The van der Waals surface area contributed by atoms with Crippen LogP contribution < -0.4 is 5.32 Å². The van der Waals surface area contributed by atoms with E-state index in [0.29, 0.717) is 0 Å². The number of H-pyrrole nitrogens is 1. The van der Waals surface area contributed by atoms with Crippen molar-refractivity contribution < 1.29 is 4.39 Å². The van der Waals surface area contributed by atoms with Gasteiger partial charge in [0.1, 0.15) is 5.82 Å². The van der Waals surface area contributed by atoms with Gasteiger partial charge in [-0.05, 0) is 59.6 Å². The van der Waals surface area contributed by atoms with Crippen LogP contribution in [0.5, 0.6) is 0 Å². The maximum atomic E-state index is 13.0. The van der Waals surface area contributed by atoms with E-state index in [9.17, 15) is 4.39 Å². The smallest absolute Gasteiger partial charge is 0.123 e. The molecular formula is C16H17ClFN3S. The number of thiophene rings is 1. The summed E-state index contributed by atoms with van der Waals surface area (Å²) in [6.07, 6.45) is 2.84. The Morgan fingerprint density at radius 3 is 2.73 bits per heavy atom. The highest BCUT2D eigenvalue weighted by atomic mass is 35.5. The van der Waals surface area contributed by atoms with Gasteiger partial charge < -0.3 is 5.32 Å². The van der Waals surface area contributed by atoms with Crippen LogP contribution in [0, 0.1) is 5.82 Å². The Labute approximate surface area is 139 Å². The third-order valence-electron chi connectivity index (χ3n) is 3.34. The van der Waals surface area contributed by atoms with Crippen molar-refractivity contribution in [1.29, 1.82) is 0 Å². The van der Waals surface area contributed by atoms with Crippen LogP contribution in [-0.4, -0.2) is 16.7 Å². The van der Waals surface area contributed by atoms with Crippen LogP contribution in [0.4, 0.5) is 4.39 Å². The third kappa shape index (κ3) is 4.16. The number of hydrogen-bond donors (Lipinski definition) is 2.